The number of pyridine rings is 1. The van der Waals surface area contributed by atoms with Gasteiger partial charge in [0.2, 0.25) is 0 Å². The van der Waals surface area contributed by atoms with Crippen LogP contribution in [0.25, 0.3) is 10.2 Å². The molecule has 0 spiro atoms. The van der Waals surface area contributed by atoms with E-state index in [9.17, 15) is 22.8 Å². The summed E-state index contributed by atoms with van der Waals surface area (Å²) in [5.74, 6) is -0.246. The second kappa shape index (κ2) is 8.64. The average Bonchev–Trinajstić information content (AvgIpc) is 3.00. The summed E-state index contributed by atoms with van der Waals surface area (Å²) in [5, 5.41) is 3.26. The van der Waals surface area contributed by atoms with Gasteiger partial charge < -0.3 is 15.0 Å². The molecule has 6 nitrogen and oxygen atoms in total. The molecule has 2 aromatic rings. The molecule has 3 heterocycles. The number of aryl methyl sites for hydroxylation is 1. The molecular weight excluding hydrogens is 431 g/mol. The van der Waals surface area contributed by atoms with E-state index in [4.69, 9.17) is 4.74 Å². The lowest BCUT2D eigenvalue weighted by Gasteiger charge is -2.36. The zero-order valence-corrected chi connectivity index (χ0v) is 18.7. The topological polar surface area (TPSA) is 71.5 Å². The van der Waals surface area contributed by atoms with E-state index in [-0.39, 0.29) is 23.3 Å². The lowest BCUT2D eigenvalue weighted by molar-refractivity contribution is -0.140. The number of rotatable bonds is 3. The van der Waals surface area contributed by atoms with Gasteiger partial charge in [-0.05, 0) is 64.7 Å². The predicted molar refractivity (Wildman–Crippen MR) is 112 cm³/mol. The number of likely N-dealkylation sites (tertiary alicyclic amines) is 1. The molecule has 1 atom stereocenters. The Balaban J connectivity index is 1.80. The van der Waals surface area contributed by atoms with Gasteiger partial charge in [0, 0.05) is 24.5 Å². The van der Waals surface area contributed by atoms with E-state index in [1.165, 1.54) is 6.07 Å². The molecule has 10 heteroatoms. The number of thiophene rings is 1. The van der Waals surface area contributed by atoms with E-state index in [0.717, 1.165) is 36.7 Å². The molecule has 1 aliphatic rings. The minimum atomic E-state index is -4.54. The minimum absolute atomic E-state index is 0.191. The predicted octanol–water partition coefficient (Wildman–Crippen LogP) is 5.14. The van der Waals surface area contributed by atoms with Gasteiger partial charge in [-0.25, -0.2) is 9.78 Å². The van der Waals surface area contributed by atoms with E-state index < -0.39 is 23.6 Å². The van der Waals surface area contributed by atoms with Crippen LogP contribution in [-0.2, 0) is 10.9 Å². The van der Waals surface area contributed by atoms with Crippen LogP contribution >= 0.6 is 11.3 Å². The van der Waals surface area contributed by atoms with Crippen LogP contribution in [0.5, 0.6) is 0 Å². The number of ether oxygens (including phenoxy) is 1. The van der Waals surface area contributed by atoms with Crippen molar-refractivity contribution in [3.05, 3.63) is 28.3 Å². The molecule has 1 aliphatic heterocycles. The number of nitrogens with zero attached hydrogens (tertiary/aromatic N) is 2. The van der Waals surface area contributed by atoms with Crippen molar-refractivity contribution in [2.45, 2.75) is 64.8 Å². The summed E-state index contributed by atoms with van der Waals surface area (Å²) in [5.41, 5.74) is -0.976. The Morgan fingerprint density at radius 2 is 1.97 bits per heavy atom. The zero-order chi connectivity index (χ0) is 23.0. The number of hydrogen-bond donors (Lipinski definition) is 1. The number of nitrogens with one attached hydrogen (secondary N) is 1. The summed E-state index contributed by atoms with van der Waals surface area (Å²) < 4.78 is 44.3. The average molecular weight is 458 g/mol. The Kier molecular flexibility index (Phi) is 6.50. The number of fused-ring (bicyclic) bond motifs is 1. The van der Waals surface area contributed by atoms with Crippen LogP contribution in [0.2, 0.25) is 0 Å². The van der Waals surface area contributed by atoms with Gasteiger partial charge in [0.25, 0.3) is 5.91 Å². The molecule has 1 saturated heterocycles. The number of amides is 2. The van der Waals surface area contributed by atoms with E-state index >= 15 is 0 Å². The molecule has 0 aromatic carbocycles. The highest BCUT2D eigenvalue weighted by molar-refractivity contribution is 7.20. The molecule has 0 radical (unpaired) electrons. The number of alkyl carbamates (subject to hydrolysis) is 1. The molecular formula is C21H26F3N3O3S. The van der Waals surface area contributed by atoms with Gasteiger partial charge in [-0.2, -0.15) is 13.2 Å². The molecule has 170 valence electrons. The van der Waals surface area contributed by atoms with Crippen molar-refractivity contribution in [3.63, 3.8) is 0 Å². The van der Waals surface area contributed by atoms with Crippen molar-refractivity contribution in [1.29, 1.82) is 0 Å². The Labute approximate surface area is 182 Å². The van der Waals surface area contributed by atoms with Crippen molar-refractivity contribution in [1.82, 2.24) is 15.2 Å². The molecule has 31 heavy (non-hydrogen) atoms. The minimum Gasteiger partial charge on any atom is -0.444 e. The smallest absolute Gasteiger partial charge is 0.433 e. The van der Waals surface area contributed by atoms with Gasteiger partial charge in [0.05, 0.1) is 4.88 Å². The van der Waals surface area contributed by atoms with Gasteiger partial charge in [0.15, 0.2) is 0 Å². The molecule has 0 aliphatic carbocycles. The normalized spacial score (nSPS) is 17.6. The first-order valence-corrected chi connectivity index (χ1v) is 10.9. The maximum atomic E-state index is 13.3. The molecule has 0 bridgehead atoms. The number of hydrogen-bond acceptors (Lipinski definition) is 5. The summed E-state index contributed by atoms with van der Waals surface area (Å²) in [7, 11) is 0. The van der Waals surface area contributed by atoms with Crippen LogP contribution in [-0.4, -0.2) is 46.6 Å². The molecule has 2 aromatic heterocycles. The first kappa shape index (κ1) is 23.3. The van der Waals surface area contributed by atoms with Gasteiger partial charge in [0.1, 0.15) is 16.1 Å². The fourth-order valence-corrected chi connectivity index (χ4v) is 4.72. The second-order valence-corrected chi connectivity index (χ2v) is 9.63. The zero-order valence-electron chi connectivity index (χ0n) is 17.9. The van der Waals surface area contributed by atoms with Crippen LogP contribution in [0.15, 0.2) is 12.1 Å². The lowest BCUT2D eigenvalue weighted by Crippen LogP contribution is -2.49. The fourth-order valence-electron chi connectivity index (χ4n) is 3.59. The molecule has 3 rings (SSSR count). The van der Waals surface area contributed by atoms with E-state index in [1.807, 2.05) is 0 Å². The Bertz CT molecular complexity index is 982. The first-order chi connectivity index (χ1) is 14.4. The summed E-state index contributed by atoms with van der Waals surface area (Å²) in [6, 6.07) is 2.09. The molecule has 1 unspecified atom stereocenters. The van der Waals surface area contributed by atoms with Crippen LogP contribution < -0.4 is 5.32 Å². The van der Waals surface area contributed by atoms with E-state index in [1.54, 1.807) is 32.6 Å². The maximum Gasteiger partial charge on any atom is 0.433 e. The third kappa shape index (κ3) is 5.47. The van der Waals surface area contributed by atoms with E-state index in [0.29, 0.717) is 22.4 Å². The Morgan fingerprint density at radius 3 is 2.61 bits per heavy atom. The number of halogens is 3. The van der Waals surface area contributed by atoms with Gasteiger partial charge in [-0.1, -0.05) is 0 Å². The summed E-state index contributed by atoms with van der Waals surface area (Å²) >= 11 is 0.976. The number of carbonyl (C=O) groups excluding carboxylic acids is 2. The van der Waals surface area contributed by atoms with Gasteiger partial charge in [-0.15, -0.1) is 11.3 Å². The number of piperidine rings is 1. The van der Waals surface area contributed by atoms with Crippen LogP contribution in [0, 0.1) is 6.92 Å². The highest BCUT2D eigenvalue weighted by Crippen LogP contribution is 2.35. The first-order valence-electron chi connectivity index (χ1n) is 10.1. The molecule has 1 fully saturated rings. The number of aromatic nitrogens is 1. The quantitative estimate of drug-likeness (QED) is 0.693. The summed E-state index contributed by atoms with van der Waals surface area (Å²) in [6.07, 6.45) is -2.61. The van der Waals surface area contributed by atoms with Crippen molar-refractivity contribution in [2.24, 2.45) is 0 Å². The van der Waals surface area contributed by atoms with Gasteiger partial charge in [-0.3, -0.25) is 4.79 Å². The molecule has 2 amide bonds. The third-order valence-electron chi connectivity index (χ3n) is 5.06. The fraction of sp³-hybridized carbons (Fsp3) is 0.571. The van der Waals surface area contributed by atoms with Crippen molar-refractivity contribution in [3.8, 4) is 0 Å². The Hall–Kier alpha value is -2.36. The summed E-state index contributed by atoms with van der Waals surface area (Å²) in [6.45, 7) is 7.80. The second-order valence-electron chi connectivity index (χ2n) is 8.63. The van der Waals surface area contributed by atoms with Crippen LogP contribution in [0.1, 0.15) is 61.0 Å². The number of carbonyl (C=O) groups is 2. The maximum absolute atomic E-state index is 13.3. The SMILES string of the molecule is Cc1c(C(=O)N2CCCCC2CNC(=O)OC(C)(C)C)sc2nc(C(F)(F)F)ccc12. The largest absolute Gasteiger partial charge is 0.444 e. The van der Waals surface area contributed by atoms with Crippen LogP contribution in [0.3, 0.4) is 0 Å². The standard InChI is InChI=1S/C21H26F3N3O3S/c1-12-14-8-9-15(21(22,23)24)26-17(14)31-16(12)18(28)27-10-6-5-7-13(27)11-25-19(29)30-20(2,3)4/h8-9,13H,5-7,10-11H2,1-4H3,(H,25,29). The van der Waals surface area contributed by atoms with E-state index in [2.05, 4.69) is 10.3 Å². The highest BCUT2D eigenvalue weighted by atomic mass is 32.1. The monoisotopic (exact) mass is 457 g/mol. The lowest BCUT2D eigenvalue weighted by atomic mass is 10.0. The Morgan fingerprint density at radius 1 is 1.26 bits per heavy atom. The summed E-state index contributed by atoms with van der Waals surface area (Å²) in [4.78, 5) is 31.3. The van der Waals surface area contributed by atoms with Gasteiger partial charge >= 0.3 is 12.3 Å². The molecule has 0 saturated carbocycles. The number of alkyl halides is 3. The third-order valence-corrected chi connectivity index (χ3v) is 6.25. The van der Waals surface area contributed by atoms with Crippen LogP contribution in [0.4, 0.5) is 18.0 Å². The van der Waals surface area contributed by atoms with Crippen molar-refractivity contribution >= 4 is 33.6 Å². The molecule has 1 N–H and O–H groups in total. The highest BCUT2D eigenvalue weighted by Gasteiger charge is 2.34. The van der Waals surface area contributed by atoms with Crippen molar-refractivity contribution in [2.75, 3.05) is 13.1 Å². The van der Waals surface area contributed by atoms with Crippen molar-refractivity contribution < 1.29 is 27.5 Å².